The zero-order valence-corrected chi connectivity index (χ0v) is 18.3. The summed E-state index contributed by atoms with van der Waals surface area (Å²) in [4.78, 5) is 29.3. The van der Waals surface area contributed by atoms with Gasteiger partial charge in [-0.2, -0.15) is 4.98 Å². The monoisotopic (exact) mass is 454 g/mol. The highest BCUT2D eigenvalue weighted by Gasteiger charge is 2.47. The predicted molar refractivity (Wildman–Crippen MR) is 121 cm³/mol. The zero-order chi connectivity index (χ0) is 22.6. The van der Waals surface area contributed by atoms with Crippen LogP contribution in [0.2, 0.25) is 5.02 Å². The molecule has 8 nitrogen and oxygen atoms in total. The zero-order valence-electron chi connectivity index (χ0n) is 17.6. The molecule has 0 spiro atoms. The van der Waals surface area contributed by atoms with Crippen LogP contribution in [0.3, 0.4) is 0 Å². The molecule has 0 bridgehead atoms. The van der Waals surface area contributed by atoms with Gasteiger partial charge in [-0.25, -0.2) is 4.79 Å². The van der Waals surface area contributed by atoms with E-state index in [0.717, 1.165) is 19.3 Å². The molecule has 0 aliphatic heterocycles. The second kappa shape index (κ2) is 9.40. The van der Waals surface area contributed by atoms with Crippen LogP contribution in [0.15, 0.2) is 53.1 Å². The molecule has 9 heteroatoms. The number of nitrogens with zero attached hydrogens (tertiary/aromatic N) is 2. The number of esters is 1. The fourth-order valence-corrected chi connectivity index (χ4v) is 4.12. The summed E-state index contributed by atoms with van der Waals surface area (Å²) in [5.41, 5.74) is 0.925. The number of methoxy groups -OCH3 is 1. The van der Waals surface area contributed by atoms with Crippen LogP contribution in [-0.4, -0.2) is 29.3 Å². The fourth-order valence-electron chi connectivity index (χ4n) is 3.94. The third-order valence-corrected chi connectivity index (χ3v) is 5.97. The van der Waals surface area contributed by atoms with Crippen LogP contribution in [0.25, 0.3) is 11.4 Å². The van der Waals surface area contributed by atoms with E-state index < -0.39 is 11.4 Å². The quantitative estimate of drug-likeness (QED) is 0.499. The predicted octanol–water partition coefficient (Wildman–Crippen LogP) is 5.41. The molecule has 0 unspecified atom stereocenters. The fraction of sp³-hybridized carbons (Fsp3) is 0.304. The van der Waals surface area contributed by atoms with E-state index >= 15 is 0 Å². The number of halogens is 1. The highest BCUT2D eigenvalue weighted by atomic mass is 35.5. The van der Waals surface area contributed by atoms with E-state index in [1.54, 1.807) is 48.5 Å². The maximum absolute atomic E-state index is 12.5. The first-order valence-corrected chi connectivity index (χ1v) is 10.8. The van der Waals surface area contributed by atoms with Gasteiger partial charge in [0, 0.05) is 11.3 Å². The maximum atomic E-state index is 12.5. The van der Waals surface area contributed by atoms with Crippen LogP contribution in [0.5, 0.6) is 0 Å². The highest BCUT2D eigenvalue weighted by Crippen LogP contribution is 2.40. The third kappa shape index (κ3) is 4.45. The number of carbonyl (C=O) groups excluding carboxylic acids is 2. The van der Waals surface area contributed by atoms with Gasteiger partial charge < -0.3 is 19.9 Å². The number of urea groups is 1. The number of hydrogen-bond donors (Lipinski definition) is 2. The Hall–Kier alpha value is -3.39. The van der Waals surface area contributed by atoms with Crippen molar-refractivity contribution >= 4 is 35.0 Å². The van der Waals surface area contributed by atoms with Crippen LogP contribution in [0.1, 0.15) is 38.0 Å². The number of aromatic nitrogens is 2. The van der Waals surface area contributed by atoms with Crippen molar-refractivity contribution in [3.05, 3.63) is 59.4 Å². The minimum absolute atomic E-state index is 0.292. The molecule has 1 saturated carbocycles. The van der Waals surface area contributed by atoms with Crippen molar-refractivity contribution in [1.82, 2.24) is 10.1 Å². The molecule has 1 heterocycles. The number of benzene rings is 2. The number of amides is 2. The average Bonchev–Trinajstić information content (AvgIpc) is 3.32. The summed E-state index contributed by atoms with van der Waals surface area (Å²) < 4.78 is 10.5. The molecular weight excluding hydrogens is 432 g/mol. The van der Waals surface area contributed by atoms with Crippen LogP contribution >= 0.6 is 11.6 Å². The summed E-state index contributed by atoms with van der Waals surface area (Å²) in [6.07, 6.45) is 4.14. The largest absolute Gasteiger partial charge is 0.468 e. The van der Waals surface area contributed by atoms with Gasteiger partial charge >= 0.3 is 12.0 Å². The number of anilines is 2. The number of hydrogen-bond acceptors (Lipinski definition) is 6. The Morgan fingerprint density at radius 2 is 1.75 bits per heavy atom. The first-order chi connectivity index (χ1) is 15.5. The van der Waals surface area contributed by atoms with Crippen molar-refractivity contribution in [2.24, 2.45) is 0 Å². The normalized spacial score (nSPS) is 15.1. The summed E-state index contributed by atoms with van der Waals surface area (Å²) >= 11 is 6.06. The number of nitrogens with one attached hydrogen (secondary N) is 2. The number of ether oxygens (including phenoxy) is 1. The lowest BCUT2D eigenvalue weighted by Gasteiger charge is -2.30. The molecule has 32 heavy (non-hydrogen) atoms. The van der Waals surface area contributed by atoms with Gasteiger partial charge in [0.25, 0.3) is 0 Å². The first-order valence-electron chi connectivity index (χ1n) is 10.4. The molecule has 4 rings (SSSR count). The van der Waals surface area contributed by atoms with E-state index in [1.165, 1.54) is 7.11 Å². The Morgan fingerprint density at radius 3 is 2.44 bits per heavy atom. The van der Waals surface area contributed by atoms with Gasteiger partial charge in [0.1, 0.15) is 5.41 Å². The van der Waals surface area contributed by atoms with Crippen LogP contribution in [-0.2, 0) is 14.9 Å². The standard InChI is InChI=1S/C23H23ClN4O4/c1-31-21(29)23(13-5-2-6-14-23)20-27-19(28-32-20)15-9-11-16(12-10-15)25-22(30)26-18-8-4-3-7-17(18)24/h3-4,7-12H,2,5-6,13-14H2,1H3,(H2,25,26,30). The molecule has 1 aliphatic carbocycles. The van der Waals surface area contributed by atoms with Gasteiger partial charge in [-0.3, -0.25) is 4.79 Å². The summed E-state index contributed by atoms with van der Waals surface area (Å²) in [6.45, 7) is 0. The van der Waals surface area contributed by atoms with Gasteiger partial charge in [0.15, 0.2) is 0 Å². The summed E-state index contributed by atoms with van der Waals surface area (Å²) in [5, 5.41) is 9.97. The molecule has 0 atom stereocenters. The van der Waals surface area contributed by atoms with Crippen molar-refractivity contribution in [3.63, 3.8) is 0 Å². The van der Waals surface area contributed by atoms with Crippen molar-refractivity contribution in [3.8, 4) is 11.4 Å². The lowest BCUT2D eigenvalue weighted by atomic mass is 9.74. The van der Waals surface area contributed by atoms with Crippen LogP contribution in [0.4, 0.5) is 16.2 Å². The van der Waals surface area contributed by atoms with Crippen LogP contribution < -0.4 is 10.6 Å². The van der Waals surface area contributed by atoms with E-state index in [0.29, 0.717) is 46.5 Å². The maximum Gasteiger partial charge on any atom is 0.323 e. The van der Waals surface area contributed by atoms with Gasteiger partial charge in [-0.15, -0.1) is 0 Å². The molecule has 0 saturated heterocycles. The Balaban J connectivity index is 1.47. The molecule has 2 amide bonds. The molecule has 3 aromatic rings. The van der Waals surface area contributed by atoms with Gasteiger partial charge in [0.05, 0.1) is 17.8 Å². The SMILES string of the molecule is COC(=O)C1(c2nc(-c3ccc(NC(=O)Nc4ccccc4Cl)cc3)no2)CCCCC1. The molecule has 166 valence electrons. The molecule has 2 aromatic carbocycles. The molecule has 1 aliphatic rings. The second-order valence-electron chi connectivity index (χ2n) is 7.69. The summed E-state index contributed by atoms with van der Waals surface area (Å²) in [7, 11) is 1.38. The average molecular weight is 455 g/mol. The molecule has 1 aromatic heterocycles. The van der Waals surface area contributed by atoms with E-state index in [9.17, 15) is 9.59 Å². The lowest BCUT2D eigenvalue weighted by molar-refractivity contribution is -0.150. The van der Waals surface area contributed by atoms with Gasteiger partial charge in [0.2, 0.25) is 11.7 Å². The number of carbonyl (C=O) groups is 2. The molecule has 2 N–H and O–H groups in total. The van der Waals surface area contributed by atoms with Crippen molar-refractivity contribution < 1.29 is 18.8 Å². The Kier molecular flexibility index (Phi) is 6.41. The van der Waals surface area contributed by atoms with Crippen molar-refractivity contribution in [1.29, 1.82) is 0 Å². The Labute approximate surface area is 190 Å². The molecule has 1 fully saturated rings. The van der Waals surface area contributed by atoms with E-state index in [4.69, 9.17) is 20.9 Å². The highest BCUT2D eigenvalue weighted by molar-refractivity contribution is 6.33. The Morgan fingerprint density at radius 1 is 1.03 bits per heavy atom. The van der Waals surface area contributed by atoms with E-state index in [2.05, 4.69) is 20.8 Å². The van der Waals surface area contributed by atoms with Crippen molar-refractivity contribution in [2.45, 2.75) is 37.5 Å². The molecule has 0 radical (unpaired) electrons. The molecular formula is C23H23ClN4O4. The van der Waals surface area contributed by atoms with Crippen LogP contribution in [0, 0.1) is 0 Å². The van der Waals surface area contributed by atoms with Gasteiger partial charge in [-0.05, 0) is 49.2 Å². The first kappa shape index (κ1) is 21.8. The van der Waals surface area contributed by atoms with Crippen molar-refractivity contribution in [2.75, 3.05) is 17.7 Å². The van der Waals surface area contributed by atoms with Gasteiger partial charge in [-0.1, -0.05) is 48.2 Å². The number of rotatable bonds is 5. The lowest BCUT2D eigenvalue weighted by Crippen LogP contribution is -2.39. The second-order valence-corrected chi connectivity index (χ2v) is 8.10. The minimum Gasteiger partial charge on any atom is -0.468 e. The topological polar surface area (TPSA) is 106 Å². The van der Waals surface area contributed by atoms with E-state index in [1.807, 2.05) is 0 Å². The smallest absolute Gasteiger partial charge is 0.323 e. The number of para-hydroxylation sites is 1. The minimum atomic E-state index is -0.878. The van der Waals surface area contributed by atoms with E-state index in [-0.39, 0.29) is 5.97 Å². The summed E-state index contributed by atoms with van der Waals surface area (Å²) in [6, 6.07) is 13.6. The Bertz CT molecular complexity index is 1110. The summed E-state index contributed by atoms with van der Waals surface area (Å²) in [5.74, 6) is 0.331. The third-order valence-electron chi connectivity index (χ3n) is 5.64.